The van der Waals surface area contributed by atoms with Crippen LogP contribution < -0.4 is 0 Å². The average Bonchev–Trinajstić information content (AvgIpc) is 3.14. The molecule has 0 atom stereocenters. The van der Waals surface area contributed by atoms with Crippen molar-refractivity contribution < 1.29 is 12.9 Å². The van der Waals surface area contributed by atoms with Gasteiger partial charge in [-0.05, 0) is 38.6 Å². The summed E-state index contributed by atoms with van der Waals surface area (Å²) in [5.41, 5.74) is 0. The lowest BCUT2D eigenvalue weighted by molar-refractivity contribution is 0.257. The van der Waals surface area contributed by atoms with Gasteiger partial charge in [-0.15, -0.1) is 0 Å². The monoisotopic (exact) mass is 328 g/mol. The van der Waals surface area contributed by atoms with Crippen molar-refractivity contribution in [3.8, 4) is 0 Å². The predicted molar refractivity (Wildman–Crippen MR) is 81.7 cm³/mol. The molecule has 3 rings (SSSR count). The lowest BCUT2D eigenvalue weighted by atomic mass is 9.98. The molecule has 2 heterocycles. The summed E-state index contributed by atoms with van der Waals surface area (Å²) in [6.07, 6.45) is 5.43. The standard InChI is InChI=1S/C14H24N4O3S/c1-17(9-11-3-4-11)10-13-15-14(16-21-13)12-5-7-18(8-6-12)22(2,19)20/h11-12H,3-10H2,1-2H3. The van der Waals surface area contributed by atoms with Gasteiger partial charge in [-0.2, -0.15) is 4.98 Å². The van der Waals surface area contributed by atoms with Gasteiger partial charge in [0, 0.05) is 25.6 Å². The van der Waals surface area contributed by atoms with Gasteiger partial charge in [0.2, 0.25) is 15.9 Å². The van der Waals surface area contributed by atoms with Crippen molar-refractivity contribution >= 4 is 10.0 Å². The van der Waals surface area contributed by atoms with E-state index in [1.165, 1.54) is 23.4 Å². The molecule has 1 saturated carbocycles. The molecule has 7 nitrogen and oxygen atoms in total. The van der Waals surface area contributed by atoms with E-state index in [-0.39, 0.29) is 5.92 Å². The van der Waals surface area contributed by atoms with Crippen molar-refractivity contribution in [1.29, 1.82) is 0 Å². The second kappa shape index (κ2) is 6.25. The smallest absolute Gasteiger partial charge is 0.240 e. The number of nitrogens with zero attached hydrogens (tertiary/aromatic N) is 4. The van der Waals surface area contributed by atoms with Crippen LogP contribution >= 0.6 is 0 Å². The number of rotatable bonds is 6. The molecule has 2 fully saturated rings. The van der Waals surface area contributed by atoms with Gasteiger partial charge in [0.15, 0.2) is 5.82 Å². The summed E-state index contributed by atoms with van der Waals surface area (Å²) in [7, 11) is -1.01. The molecule has 8 heteroatoms. The molecular formula is C14H24N4O3S. The van der Waals surface area contributed by atoms with Crippen LogP contribution in [-0.4, -0.2) is 60.7 Å². The summed E-state index contributed by atoms with van der Waals surface area (Å²) in [6.45, 7) is 2.85. The highest BCUT2D eigenvalue weighted by atomic mass is 32.2. The van der Waals surface area contributed by atoms with E-state index in [1.54, 1.807) is 0 Å². The maximum absolute atomic E-state index is 11.5. The van der Waals surface area contributed by atoms with Crippen LogP contribution in [0.4, 0.5) is 0 Å². The van der Waals surface area contributed by atoms with Gasteiger partial charge in [-0.25, -0.2) is 12.7 Å². The van der Waals surface area contributed by atoms with Gasteiger partial charge >= 0.3 is 0 Å². The molecule has 0 radical (unpaired) electrons. The van der Waals surface area contributed by atoms with Crippen LogP contribution in [0.25, 0.3) is 0 Å². The van der Waals surface area contributed by atoms with Crippen molar-refractivity contribution in [2.24, 2.45) is 5.92 Å². The quantitative estimate of drug-likeness (QED) is 0.776. The summed E-state index contributed by atoms with van der Waals surface area (Å²) >= 11 is 0. The zero-order valence-electron chi connectivity index (χ0n) is 13.2. The minimum absolute atomic E-state index is 0.198. The molecule has 0 bridgehead atoms. The van der Waals surface area contributed by atoms with Crippen LogP contribution in [0.3, 0.4) is 0 Å². The van der Waals surface area contributed by atoms with Gasteiger partial charge in [-0.1, -0.05) is 5.16 Å². The Morgan fingerprint density at radius 3 is 2.55 bits per heavy atom. The van der Waals surface area contributed by atoms with E-state index < -0.39 is 10.0 Å². The first-order valence-corrected chi connectivity index (χ1v) is 9.73. The first-order valence-electron chi connectivity index (χ1n) is 7.88. The lowest BCUT2D eigenvalue weighted by Gasteiger charge is -2.28. The Bertz CT molecular complexity index is 603. The number of sulfonamides is 1. The minimum atomic E-state index is -3.09. The fraction of sp³-hybridized carbons (Fsp3) is 0.857. The van der Waals surface area contributed by atoms with Gasteiger partial charge < -0.3 is 4.52 Å². The number of hydrogen-bond donors (Lipinski definition) is 0. The average molecular weight is 328 g/mol. The van der Waals surface area contributed by atoms with Crippen molar-refractivity contribution in [2.45, 2.75) is 38.1 Å². The van der Waals surface area contributed by atoms with Gasteiger partial charge in [0.1, 0.15) is 0 Å². The molecule has 1 aromatic heterocycles. The van der Waals surface area contributed by atoms with E-state index in [0.717, 1.165) is 31.1 Å². The van der Waals surface area contributed by atoms with Gasteiger partial charge in [0.25, 0.3) is 0 Å². The Morgan fingerprint density at radius 2 is 1.95 bits per heavy atom. The molecule has 1 saturated heterocycles. The van der Waals surface area contributed by atoms with Crippen molar-refractivity contribution in [3.63, 3.8) is 0 Å². The summed E-state index contributed by atoms with van der Waals surface area (Å²) in [5.74, 6) is 2.42. The molecule has 0 spiro atoms. The summed E-state index contributed by atoms with van der Waals surface area (Å²) in [4.78, 5) is 6.72. The van der Waals surface area contributed by atoms with Crippen molar-refractivity contribution in [2.75, 3.05) is 32.9 Å². The zero-order valence-corrected chi connectivity index (χ0v) is 14.0. The van der Waals surface area contributed by atoms with Crippen LogP contribution in [0.2, 0.25) is 0 Å². The van der Waals surface area contributed by atoms with Crippen LogP contribution in [-0.2, 0) is 16.6 Å². The molecule has 22 heavy (non-hydrogen) atoms. The fourth-order valence-corrected chi connectivity index (χ4v) is 3.85. The number of hydrogen-bond acceptors (Lipinski definition) is 6. The van der Waals surface area contributed by atoms with E-state index in [0.29, 0.717) is 25.5 Å². The van der Waals surface area contributed by atoms with Crippen LogP contribution in [0.1, 0.15) is 43.3 Å². The second-order valence-electron chi connectivity index (χ2n) is 6.62. The maximum atomic E-state index is 11.5. The van der Waals surface area contributed by atoms with E-state index >= 15 is 0 Å². The van der Waals surface area contributed by atoms with E-state index in [4.69, 9.17) is 4.52 Å². The van der Waals surface area contributed by atoms with Crippen LogP contribution in [0, 0.1) is 5.92 Å². The topological polar surface area (TPSA) is 79.5 Å². The highest BCUT2D eigenvalue weighted by Crippen LogP contribution is 2.30. The van der Waals surface area contributed by atoms with E-state index in [1.807, 2.05) is 0 Å². The van der Waals surface area contributed by atoms with Crippen LogP contribution in [0.15, 0.2) is 4.52 Å². The Labute approximate surface area is 131 Å². The SMILES string of the molecule is CN(Cc1nc(C2CCN(S(C)(=O)=O)CC2)no1)CC1CC1. The lowest BCUT2D eigenvalue weighted by Crippen LogP contribution is -2.37. The molecule has 1 aliphatic carbocycles. The molecule has 0 unspecified atom stereocenters. The Kier molecular flexibility index (Phi) is 4.52. The first kappa shape index (κ1) is 15.9. The summed E-state index contributed by atoms with van der Waals surface area (Å²) < 4.78 is 29.9. The Balaban J connectivity index is 1.53. The molecule has 1 aromatic rings. The third-order valence-electron chi connectivity index (χ3n) is 4.44. The first-order chi connectivity index (χ1) is 10.4. The van der Waals surface area contributed by atoms with E-state index in [9.17, 15) is 8.42 Å². The normalized spacial score (nSPS) is 21.6. The number of aromatic nitrogens is 2. The fourth-order valence-electron chi connectivity index (χ4n) is 2.98. The third-order valence-corrected chi connectivity index (χ3v) is 5.75. The van der Waals surface area contributed by atoms with Gasteiger partial charge in [0.05, 0.1) is 12.8 Å². The molecule has 2 aliphatic rings. The highest BCUT2D eigenvalue weighted by molar-refractivity contribution is 7.88. The van der Waals surface area contributed by atoms with Crippen molar-refractivity contribution in [3.05, 3.63) is 11.7 Å². The highest BCUT2D eigenvalue weighted by Gasteiger charge is 2.29. The van der Waals surface area contributed by atoms with E-state index in [2.05, 4.69) is 22.1 Å². The zero-order chi connectivity index (χ0) is 15.7. The maximum Gasteiger partial charge on any atom is 0.240 e. The molecule has 0 N–H and O–H groups in total. The summed E-state index contributed by atoms with van der Waals surface area (Å²) in [6, 6.07) is 0. The second-order valence-corrected chi connectivity index (χ2v) is 8.61. The number of piperidine rings is 1. The van der Waals surface area contributed by atoms with Gasteiger partial charge in [-0.3, -0.25) is 4.90 Å². The molecule has 0 aromatic carbocycles. The molecule has 0 amide bonds. The minimum Gasteiger partial charge on any atom is -0.338 e. The molecular weight excluding hydrogens is 304 g/mol. The van der Waals surface area contributed by atoms with Crippen molar-refractivity contribution in [1.82, 2.24) is 19.3 Å². The largest absolute Gasteiger partial charge is 0.338 e. The molecule has 124 valence electrons. The van der Waals surface area contributed by atoms with Crippen LogP contribution in [0.5, 0.6) is 0 Å². The Hall–Kier alpha value is -0.990. The summed E-state index contributed by atoms with van der Waals surface area (Å²) in [5, 5.41) is 4.09. The predicted octanol–water partition coefficient (Wildman–Crippen LogP) is 1.05. The Morgan fingerprint density at radius 1 is 1.27 bits per heavy atom. The molecule has 1 aliphatic heterocycles. The third kappa shape index (κ3) is 4.05.